The minimum atomic E-state index is -0.584. The van der Waals surface area contributed by atoms with Crippen LogP contribution in [0.5, 0.6) is 0 Å². The summed E-state index contributed by atoms with van der Waals surface area (Å²) >= 11 is 0. The molecule has 1 atom stereocenters. The van der Waals surface area contributed by atoms with E-state index in [9.17, 15) is 9.59 Å². The number of benzene rings is 1. The maximum atomic E-state index is 12.6. The molecule has 1 aromatic carbocycles. The van der Waals surface area contributed by atoms with Crippen molar-refractivity contribution >= 4 is 23.3 Å². The summed E-state index contributed by atoms with van der Waals surface area (Å²) in [6, 6.07) is 7.51. The van der Waals surface area contributed by atoms with E-state index in [2.05, 4.69) is 15.5 Å². The standard InChI is InChI=1S/C17H23N3O3/c1-3-14(15(21)23-2)20-10-8-17(9-11-20)16(22)18-12-6-4-5-7-13(12)19-17/h4-7,14,19H,3,8-11H2,1-2H3,(H,18,22)/t14-/m0/s1. The maximum Gasteiger partial charge on any atom is 0.323 e. The van der Waals surface area contributed by atoms with Gasteiger partial charge in [0.05, 0.1) is 18.5 Å². The summed E-state index contributed by atoms with van der Waals surface area (Å²) in [7, 11) is 1.42. The molecule has 0 bridgehead atoms. The molecule has 6 heteroatoms. The second kappa shape index (κ2) is 6.20. The number of hydrogen-bond acceptors (Lipinski definition) is 5. The minimum Gasteiger partial charge on any atom is -0.468 e. The number of carbonyl (C=O) groups is 2. The maximum absolute atomic E-state index is 12.6. The van der Waals surface area contributed by atoms with Gasteiger partial charge in [-0.05, 0) is 31.4 Å². The molecule has 2 N–H and O–H groups in total. The third kappa shape index (κ3) is 2.79. The average Bonchev–Trinajstić information content (AvgIpc) is 2.58. The predicted octanol–water partition coefficient (Wildman–Crippen LogP) is 1.84. The molecule has 6 nitrogen and oxygen atoms in total. The molecular weight excluding hydrogens is 294 g/mol. The van der Waals surface area contributed by atoms with Crippen LogP contribution in [0.1, 0.15) is 26.2 Å². The molecular formula is C17H23N3O3. The number of nitrogens with one attached hydrogen (secondary N) is 2. The number of methoxy groups -OCH3 is 1. The van der Waals surface area contributed by atoms with Gasteiger partial charge in [-0.15, -0.1) is 0 Å². The number of amides is 1. The molecule has 1 fully saturated rings. The molecule has 2 heterocycles. The van der Waals surface area contributed by atoms with Gasteiger partial charge in [-0.25, -0.2) is 0 Å². The van der Waals surface area contributed by atoms with Crippen molar-refractivity contribution < 1.29 is 14.3 Å². The van der Waals surface area contributed by atoms with Crippen LogP contribution in [0.4, 0.5) is 11.4 Å². The number of hydrogen-bond donors (Lipinski definition) is 2. The molecule has 124 valence electrons. The first kappa shape index (κ1) is 15.8. The van der Waals surface area contributed by atoms with Crippen LogP contribution in [-0.4, -0.2) is 48.6 Å². The van der Waals surface area contributed by atoms with Gasteiger partial charge in [0.15, 0.2) is 0 Å². The van der Waals surface area contributed by atoms with Crippen molar-refractivity contribution in [2.75, 3.05) is 30.8 Å². The van der Waals surface area contributed by atoms with Gasteiger partial charge in [0, 0.05) is 13.1 Å². The Bertz CT molecular complexity index is 609. The molecule has 0 radical (unpaired) electrons. The highest BCUT2D eigenvalue weighted by molar-refractivity contribution is 6.06. The topological polar surface area (TPSA) is 70.7 Å². The van der Waals surface area contributed by atoms with Gasteiger partial charge in [-0.2, -0.15) is 0 Å². The first-order chi connectivity index (χ1) is 11.1. The van der Waals surface area contributed by atoms with E-state index in [-0.39, 0.29) is 17.9 Å². The molecule has 0 aromatic heterocycles. The zero-order chi connectivity index (χ0) is 16.4. The Hall–Kier alpha value is -2.08. The van der Waals surface area contributed by atoms with E-state index in [1.165, 1.54) is 7.11 Å². The van der Waals surface area contributed by atoms with Gasteiger partial charge in [0.25, 0.3) is 0 Å². The van der Waals surface area contributed by atoms with Crippen LogP contribution >= 0.6 is 0 Å². The summed E-state index contributed by atoms with van der Waals surface area (Å²) in [6.07, 6.45) is 2.05. The Labute approximate surface area is 136 Å². The lowest BCUT2D eigenvalue weighted by molar-refractivity contribution is -0.147. The molecule has 1 aromatic rings. The van der Waals surface area contributed by atoms with Crippen molar-refractivity contribution in [3.05, 3.63) is 24.3 Å². The second-order valence-electron chi connectivity index (χ2n) is 6.19. The lowest BCUT2D eigenvalue weighted by Crippen LogP contribution is -2.60. The summed E-state index contributed by atoms with van der Waals surface area (Å²) in [5.74, 6) is -0.184. The van der Waals surface area contributed by atoms with Crippen LogP contribution in [0, 0.1) is 0 Å². The van der Waals surface area contributed by atoms with Crippen molar-refractivity contribution in [3.8, 4) is 0 Å². The van der Waals surface area contributed by atoms with E-state index < -0.39 is 5.54 Å². The number of carbonyl (C=O) groups excluding carboxylic acids is 2. The number of esters is 1. The highest BCUT2D eigenvalue weighted by Crippen LogP contribution is 2.36. The van der Waals surface area contributed by atoms with Gasteiger partial charge in [0.1, 0.15) is 11.6 Å². The molecule has 1 spiro atoms. The first-order valence-electron chi connectivity index (χ1n) is 8.10. The summed E-state index contributed by atoms with van der Waals surface area (Å²) < 4.78 is 4.89. The van der Waals surface area contributed by atoms with Crippen molar-refractivity contribution in [1.29, 1.82) is 0 Å². The number of nitrogens with zero attached hydrogens (tertiary/aromatic N) is 1. The van der Waals surface area contributed by atoms with E-state index in [0.717, 1.165) is 11.4 Å². The summed E-state index contributed by atoms with van der Waals surface area (Å²) in [6.45, 7) is 3.36. The second-order valence-corrected chi connectivity index (χ2v) is 6.19. The minimum absolute atomic E-state index is 0.0157. The van der Waals surface area contributed by atoms with E-state index in [4.69, 9.17) is 4.74 Å². The van der Waals surface area contributed by atoms with Gasteiger partial charge < -0.3 is 15.4 Å². The predicted molar refractivity (Wildman–Crippen MR) is 88.3 cm³/mol. The Morgan fingerprint density at radius 3 is 2.57 bits per heavy atom. The Balaban J connectivity index is 1.73. The molecule has 3 rings (SSSR count). The number of anilines is 2. The smallest absolute Gasteiger partial charge is 0.323 e. The highest BCUT2D eigenvalue weighted by atomic mass is 16.5. The van der Waals surface area contributed by atoms with Crippen LogP contribution < -0.4 is 10.6 Å². The third-order valence-electron chi connectivity index (χ3n) is 4.94. The number of rotatable bonds is 3. The van der Waals surface area contributed by atoms with Gasteiger partial charge in [-0.3, -0.25) is 14.5 Å². The number of ether oxygens (including phenoxy) is 1. The molecule has 1 saturated heterocycles. The van der Waals surface area contributed by atoms with Crippen molar-refractivity contribution in [2.24, 2.45) is 0 Å². The van der Waals surface area contributed by atoms with Crippen molar-refractivity contribution in [3.63, 3.8) is 0 Å². The fourth-order valence-corrected chi connectivity index (χ4v) is 3.54. The SMILES string of the molecule is CC[C@@H](C(=O)OC)N1CCC2(CC1)Nc1ccccc1NC2=O. The van der Waals surface area contributed by atoms with Crippen LogP contribution in [0.15, 0.2) is 24.3 Å². The van der Waals surface area contributed by atoms with E-state index >= 15 is 0 Å². The molecule has 0 unspecified atom stereocenters. The number of para-hydroxylation sites is 2. The largest absolute Gasteiger partial charge is 0.468 e. The Morgan fingerprint density at radius 1 is 1.30 bits per heavy atom. The van der Waals surface area contributed by atoms with Gasteiger partial charge >= 0.3 is 5.97 Å². The monoisotopic (exact) mass is 317 g/mol. The van der Waals surface area contributed by atoms with E-state index in [1.807, 2.05) is 31.2 Å². The Kier molecular flexibility index (Phi) is 4.26. The molecule has 2 aliphatic heterocycles. The fraction of sp³-hybridized carbons (Fsp3) is 0.529. The van der Waals surface area contributed by atoms with E-state index in [0.29, 0.717) is 32.4 Å². The number of piperidine rings is 1. The lowest BCUT2D eigenvalue weighted by Gasteiger charge is -2.45. The van der Waals surface area contributed by atoms with Gasteiger partial charge in [-0.1, -0.05) is 19.1 Å². The summed E-state index contributed by atoms with van der Waals surface area (Å²) in [5, 5.41) is 6.43. The number of likely N-dealkylation sites (tertiary alicyclic amines) is 1. The normalized spacial score (nSPS) is 21.0. The zero-order valence-corrected chi connectivity index (χ0v) is 13.6. The molecule has 2 aliphatic rings. The Morgan fingerprint density at radius 2 is 1.96 bits per heavy atom. The van der Waals surface area contributed by atoms with Crippen LogP contribution in [-0.2, 0) is 14.3 Å². The van der Waals surface area contributed by atoms with Crippen LogP contribution in [0.25, 0.3) is 0 Å². The van der Waals surface area contributed by atoms with Gasteiger partial charge in [0.2, 0.25) is 5.91 Å². The molecule has 0 saturated carbocycles. The first-order valence-corrected chi connectivity index (χ1v) is 8.10. The summed E-state index contributed by atoms with van der Waals surface area (Å²) in [4.78, 5) is 26.6. The molecule has 0 aliphatic carbocycles. The summed E-state index contributed by atoms with van der Waals surface area (Å²) in [5.41, 5.74) is 1.20. The van der Waals surface area contributed by atoms with Crippen molar-refractivity contribution in [1.82, 2.24) is 4.90 Å². The fourth-order valence-electron chi connectivity index (χ4n) is 3.54. The highest BCUT2D eigenvalue weighted by Gasteiger charge is 2.45. The van der Waals surface area contributed by atoms with Crippen molar-refractivity contribution in [2.45, 2.75) is 37.8 Å². The van der Waals surface area contributed by atoms with E-state index in [1.54, 1.807) is 0 Å². The van der Waals surface area contributed by atoms with Crippen LogP contribution in [0.2, 0.25) is 0 Å². The third-order valence-corrected chi connectivity index (χ3v) is 4.94. The zero-order valence-electron chi connectivity index (χ0n) is 13.6. The molecule has 23 heavy (non-hydrogen) atoms. The quantitative estimate of drug-likeness (QED) is 0.833. The lowest BCUT2D eigenvalue weighted by atomic mass is 9.83. The number of fused-ring (bicyclic) bond motifs is 1. The van der Waals surface area contributed by atoms with Crippen LogP contribution in [0.3, 0.4) is 0 Å². The molecule has 1 amide bonds. The average molecular weight is 317 g/mol.